The first-order valence-corrected chi connectivity index (χ1v) is 6.89. The summed E-state index contributed by atoms with van der Waals surface area (Å²) in [5.41, 5.74) is -1.27. The summed E-state index contributed by atoms with van der Waals surface area (Å²) in [4.78, 5) is 25.6. The van der Waals surface area contributed by atoms with E-state index in [0.717, 1.165) is 5.06 Å². The van der Waals surface area contributed by atoms with Gasteiger partial charge in [0, 0.05) is 18.2 Å². The fraction of sp³-hybridized carbons (Fsp3) is 0.692. The van der Waals surface area contributed by atoms with Crippen molar-refractivity contribution in [2.45, 2.75) is 51.3 Å². The van der Waals surface area contributed by atoms with Crippen LogP contribution in [-0.4, -0.2) is 44.3 Å². The highest BCUT2D eigenvalue weighted by Crippen LogP contribution is 2.37. The van der Waals surface area contributed by atoms with Crippen LogP contribution in [0, 0.1) is 6.92 Å². The summed E-state index contributed by atoms with van der Waals surface area (Å²) in [6, 6.07) is -0.252. The summed E-state index contributed by atoms with van der Waals surface area (Å²) < 4.78 is 12.7. The number of hydroxylamine groups is 2. The average Bonchev–Trinajstić information content (AvgIpc) is 2.83. The quantitative estimate of drug-likeness (QED) is 0.755. The van der Waals surface area contributed by atoms with Crippen LogP contribution in [-0.2, 0) is 9.47 Å². The van der Waals surface area contributed by atoms with Gasteiger partial charge >= 0.3 is 5.69 Å². The molecule has 0 aromatic carbocycles. The minimum atomic E-state index is -0.786. The maximum atomic E-state index is 11.9. The lowest BCUT2D eigenvalue weighted by atomic mass is 10.1. The molecular weight excluding hydrogens is 278 g/mol. The fourth-order valence-corrected chi connectivity index (χ4v) is 2.84. The van der Waals surface area contributed by atoms with Crippen LogP contribution in [0.2, 0.25) is 0 Å². The maximum Gasteiger partial charge on any atom is 0.330 e. The molecule has 1 aromatic rings. The number of H-pyrrole nitrogens is 1. The van der Waals surface area contributed by atoms with Crippen LogP contribution < -0.4 is 11.2 Å². The SMILES string of the molecule is Cc1cn([C@H]2C[C@@H]3[C@@H](COC(C)(C)N3O)O2)c(=O)[nH]c1=O. The normalized spacial score (nSPS) is 32.1. The molecule has 1 aromatic heterocycles. The van der Waals surface area contributed by atoms with Crippen molar-refractivity contribution in [1.82, 2.24) is 14.6 Å². The lowest BCUT2D eigenvalue weighted by Gasteiger charge is -2.43. The largest absolute Gasteiger partial charge is 0.356 e. The molecule has 0 aliphatic carbocycles. The molecule has 2 fully saturated rings. The van der Waals surface area contributed by atoms with Crippen molar-refractivity contribution in [3.63, 3.8) is 0 Å². The van der Waals surface area contributed by atoms with Crippen molar-refractivity contribution in [1.29, 1.82) is 0 Å². The Labute approximate surface area is 120 Å². The highest BCUT2D eigenvalue weighted by atomic mass is 16.6. The number of aromatic nitrogens is 2. The first kappa shape index (κ1) is 14.5. The molecule has 2 saturated heterocycles. The number of fused-ring (bicyclic) bond motifs is 1. The highest BCUT2D eigenvalue weighted by Gasteiger charge is 2.49. The zero-order chi connectivity index (χ0) is 15.4. The molecule has 0 saturated carbocycles. The van der Waals surface area contributed by atoms with Crippen molar-refractivity contribution in [3.8, 4) is 0 Å². The molecule has 0 amide bonds. The zero-order valence-corrected chi connectivity index (χ0v) is 12.2. The van der Waals surface area contributed by atoms with Crippen molar-refractivity contribution >= 4 is 0 Å². The summed E-state index contributed by atoms with van der Waals surface area (Å²) in [5, 5.41) is 11.4. The molecule has 2 aliphatic heterocycles. The number of nitrogens with zero attached hydrogens (tertiary/aromatic N) is 2. The summed E-state index contributed by atoms with van der Waals surface area (Å²) in [6.45, 7) is 5.52. The molecule has 3 rings (SSSR count). The number of nitrogens with one attached hydrogen (secondary N) is 1. The van der Waals surface area contributed by atoms with Crippen molar-refractivity contribution in [2.24, 2.45) is 0 Å². The maximum absolute atomic E-state index is 11.9. The van der Waals surface area contributed by atoms with Gasteiger partial charge in [0.2, 0.25) is 0 Å². The molecule has 3 atom stereocenters. The van der Waals surface area contributed by atoms with Crippen LogP contribution in [0.1, 0.15) is 32.1 Å². The van der Waals surface area contributed by atoms with Crippen LogP contribution in [0.4, 0.5) is 0 Å². The standard InChI is InChI=1S/C13H19N3O5/c1-7-5-15(12(18)14-11(7)17)10-4-8-9(21-10)6-20-13(2,3)16(8)19/h5,8-10,19H,4,6H2,1-3H3,(H,14,17,18)/t8-,9-,10-/m1/s1. The van der Waals surface area contributed by atoms with E-state index in [1.807, 2.05) is 0 Å². The van der Waals surface area contributed by atoms with E-state index in [-0.39, 0.29) is 12.1 Å². The third kappa shape index (κ3) is 2.34. The average molecular weight is 297 g/mol. The Morgan fingerprint density at radius 1 is 1.43 bits per heavy atom. The molecule has 0 unspecified atom stereocenters. The molecule has 8 nitrogen and oxygen atoms in total. The van der Waals surface area contributed by atoms with Gasteiger partial charge in [-0.3, -0.25) is 14.3 Å². The lowest BCUT2D eigenvalue weighted by Crippen LogP contribution is -2.58. The van der Waals surface area contributed by atoms with E-state index in [1.165, 1.54) is 10.8 Å². The number of hydrogen-bond acceptors (Lipinski definition) is 6. The second-order valence-corrected chi connectivity index (χ2v) is 6.01. The Kier molecular flexibility index (Phi) is 3.28. The van der Waals surface area contributed by atoms with Gasteiger partial charge in [-0.05, 0) is 20.8 Å². The minimum absolute atomic E-state index is 0.252. The second kappa shape index (κ2) is 4.77. The summed E-state index contributed by atoms with van der Waals surface area (Å²) in [5.74, 6) is 0. The number of hydrogen-bond donors (Lipinski definition) is 2. The molecule has 8 heteroatoms. The Morgan fingerprint density at radius 2 is 2.14 bits per heavy atom. The topological polar surface area (TPSA) is 96.8 Å². The van der Waals surface area contributed by atoms with Crippen molar-refractivity contribution < 1.29 is 14.7 Å². The Balaban J connectivity index is 1.90. The van der Waals surface area contributed by atoms with Gasteiger partial charge in [0.25, 0.3) is 5.56 Å². The van der Waals surface area contributed by atoms with Crippen LogP contribution in [0.3, 0.4) is 0 Å². The number of aromatic amines is 1. The molecule has 0 radical (unpaired) electrons. The van der Waals surface area contributed by atoms with E-state index in [0.29, 0.717) is 18.6 Å². The molecule has 0 bridgehead atoms. The first-order chi connectivity index (χ1) is 9.79. The Bertz CT molecular complexity index is 665. The zero-order valence-electron chi connectivity index (χ0n) is 12.2. The van der Waals surface area contributed by atoms with Crippen molar-refractivity contribution in [2.75, 3.05) is 6.61 Å². The van der Waals surface area contributed by atoms with Gasteiger partial charge in [-0.1, -0.05) is 0 Å². The van der Waals surface area contributed by atoms with Crippen LogP contribution in [0.15, 0.2) is 15.8 Å². The van der Waals surface area contributed by atoms with Crippen LogP contribution >= 0.6 is 0 Å². The van der Waals surface area contributed by atoms with Crippen LogP contribution in [0.5, 0.6) is 0 Å². The summed E-state index contributed by atoms with van der Waals surface area (Å²) >= 11 is 0. The molecular formula is C13H19N3O5. The molecule has 3 heterocycles. The van der Waals surface area contributed by atoms with Crippen LogP contribution in [0.25, 0.3) is 0 Å². The molecule has 2 aliphatic rings. The smallest absolute Gasteiger partial charge is 0.330 e. The molecule has 0 spiro atoms. The summed E-state index contributed by atoms with van der Waals surface area (Å²) in [7, 11) is 0. The van der Waals surface area contributed by atoms with E-state index in [4.69, 9.17) is 9.47 Å². The minimum Gasteiger partial charge on any atom is -0.356 e. The van der Waals surface area contributed by atoms with E-state index >= 15 is 0 Å². The van der Waals surface area contributed by atoms with Crippen molar-refractivity contribution in [3.05, 3.63) is 32.6 Å². The predicted octanol–water partition coefficient (Wildman–Crippen LogP) is -0.0414. The highest BCUT2D eigenvalue weighted by molar-refractivity contribution is 5.02. The molecule has 2 N–H and O–H groups in total. The molecule has 116 valence electrons. The van der Waals surface area contributed by atoms with Gasteiger partial charge in [-0.2, -0.15) is 5.06 Å². The number of ether oxygens (including phenoxy) is 2. The van der Waals surface area contributed by atoms with Gasteiger partial charge < -0.3 is 14.7 Å². The van der Waals surface area contributed by atoms with Gasteiger partial charge in [0.1, 0.15) is 18.1 Å². The molecule has 21 heavy (non-hydrogen) atoms. The van der Waals surface area contributed by atoms with E-state index in [1.54, 1.807) is 20.8 Å². The summed E-state index contributed by atoms with van der Waals surface area (Å²) in [6.07, 6.45) is 1.08. The van der Waals surface area contributed by atoms with Gasteiger partial charge in [0.15, 0.2) is 0 Å². The van der Waals surface area contributed by atoms with Gasteiger partial charge in [-0.15, -0.1) is 0 Å². The third-order valence-electron chi connectivity index (χ3n) is 4.13. The predicted molar refractivity (Wildman–Crippen MR) is 72.0 cm³/mol. The second-order valence-electron chi connectivity index (χ2n) is 6.01. The third-order valence-corrected chi connectivity index (χ3v) is 4.13. The monoisotopic (exact) mass is 297 g/mol. The Morgan fingerprint density at radius 3 is 2.86 bits per heavy atom. The van der Waals surface area contributed by atoms with Gasteiger partial charge in [0.05, 0.1) is 12.6 Å². The van der Waals surface area contributed by atoms with E-state index in [9.17, 15) is 14.8 Å². The van der Waals surface area contributed by atoms with Gasteiger partial charge in [-0.25, -0.2) is 4.79 Å². The number of aryl methyl sites for hydroxylation is 1. The van der Waals surface area contributed by atoms with E-state index in [2.05, 4.69) is 4.98 Å². The number of rotatable bonds is 1. The first-order valence-electron chi connectivity index (χ1n) is 6.89. The van der Waals surface area contributed by atoms with E-state index < -0.39 is 23.2 Å². The fourth-order valence-electron chi connectivity index (χ4n) is 2.84. The Hall–Kier alpha value is -1.48. The lowest BCUT2D eigenvalue weighted by molar-refractivity contribution is -0.327.